The van der Waals surface area contributed by atoms with Gasteiger partial charge in [-0.3, -0.25) is 9.59 Å². The Kier molecular flexibility index (Phi) is 6.33. The Balaban J connectivity index is 1.41. The van der Waals surface area contributed by atoms with Crippen molar-refractivity contribution in [2.75, 3.05) is 10.6 Å². The first-order valence-corrected chi connectivity index (χ1v) is 10.3. The molecule has 3 rings (SSSR count). The Morgan fingerprint density at radius 2 is 1.19 bits per heavy atom. The van der Waals surface area contributed by atoms with Crippen LogP contribution in [0.1, 0.15) is 65.2 Å². The van der Waals surface area contributed by atoms with Crippen LogP contribution in [0, 0.1) is 23.7 Å². The summed E-state index contributed by atoms with van der Waals surface area (Å²) in [5, 5.41) is 6.01. The normalized spacial score (nSPS) is 26.2. The summed E-state index contributed by atoms with van der Waals surface area (Å²) in [6.07, 6.45) is 9.20. The molecule has 4 heteroatoms. The molecule has 0 spiro atoms. The van der Waals surface area contributed by atoms with Crippen LogP contribution < -0.4 is 10.6 Å². The molecular formula is C22H32N2O2. The monoisotopic (exact) mass is 356 g/mol. The fourth-order valence-electron chi connectivity index (χ4n) is 3.81. The average molecular weight is 357 g/mol. The first-order valence-electron chi connectivity index (χ1n) is 10.3. The van der Waals surface area contributed by atoms with Crippen molar-refractivity contribution < 1.29 is 9.59 Å². The molecule has 0 unspecified atom stereocenters. The van der Waals surface area contributed by atoms with Crippen molar-refractivity contribution in [3.05, 3.63) is 24.3 Å². The zero-order valence-corrected chi connectivity index (χ0v) is 16.1. The smallest absolute Gasteiger partial charge is 0.227 e. The van der Waals surface area contributed by atoms with Crippen molar-refractivity contribution in [2.24, 2.45) is 23.7 Å². The molecule has 2 amide bonds. The minimum absolute atomic E-state index is 0.139. The Morgan fingerprint density at radius 1 is 0.808 bits per heavy atom. The zero-order valence-electron chi connectivity index (χ0n) is 16.1. The van der Waals surface area contributed by atoms with Gasteiger partial charge in [0.25, 0.3) is 0 Å². The van der Waals surface area contributed by atoms with Crippen LogP contribution >= 0.6 is 0 Å². The standard InChI is InChI=1S/C22H32N2O2/c1-3-5-7-15-13-19(15)21(25)23-17-9-11-18(12-10-17)24-22(26)20-14-16(20)8-6-4-2/h9-12,15-16,19-20H,3-8,13-14H2,1-2H3,(H,23,25)(H,24,26)/t15-,16-,19+,20+/m0/s1. The van der Waals surface area contributed by atoms with Crippen LogP contribution in [0.5, 0.6) is 0 Å². The molecule has 2 aliphatic carbocycles. The minimum Gasteiger partial charge on any atom is -0.326 e. The third-order valence-electron chi connectivity index (χ3n) is 5.80. The van der Waals surface area contributed by atoms with Crippen molar-refractivity contribution in [1.82, 2.24) is 0 Å². The second kappa shape index (κ2) is 8.70. The van der Waals surface area contributed by atoms with E-state index in [1.165, 1.54) is 38.5 Å². The molecule has 4 atom stereocenters. The van der Waals surface area contributed by atoms with Crippen LogP contribution in [0.4, 0.5) is 11.4 Å². The van der Waals surface area contributed by atoms with E-state index in [4.69, 9.17) is 0 Å². The van der Waals surface area contributed by atoms with E-state index in [0.29, 0.717) is 11.8 Å². The van der Waals surface area contributed by atoms with Crippen LogP contribution in [-0.2, 0) is 9.59 Å². The molecule has 1 aromatic carbocycles. The van der Waals surface area contributed by atoms with Gasteiger partial charge in [0, 0.05) is 23.2 Å². The Morgan fingerprint density at radius 3 is 1.54 bits per heavy atom. The molecule has 142 valence electrons. The number of carbonyl (C=O) groups is 2. The lowest BCUT2D eigenvalue weighted by Gasteiger charge is -2.08. The zero-order chi connectivity index (χ0) is 18.5. The van der Waals surface area contributed by atoms with Crippen LogP contribution in [-0.4, -0.2) is 11.8 Å². The summed E-state index contributed by atoms with van der Waals surface area (Å²) >= 11 is 0. The molecule has 2 fully saturated rings. The molecule has 1 aromatic rings. The summed E-state index contributed by atoms with van der Waals surface area (Å²) in [5.74, 6) is 1.81. The van der Waals surface area contributed by atoms with Crippen molar-refractivity contribution in [3.63, 3.8) is 0 Å². The highest BCUT2D eigenvalue weighted by Gasteiger charge is 2.42. The van der Waals surface area contributed by atoms with Gasteiger partial charge >= 0.3 is 0 Å². The molecule has 0 radical (unpaired) electrons. The number of amides is 2. The lowest BCUT2D eigenvalue weighted by atomic mass is 10.1. The van der Waals surface area contributed by atoms with Crippen molar-refractivity contribution in [3.8, 4) is 0 Å². The predicted octanol–water partition coefficient (Wildman–Crippen LogP) is 5.22. The first-order chi connectivity index (χ1) is 12.6. The second-order valence-electron chi connectivity index (χ2n) is 8.04. The van der Waals surface area contributed by atoms with E-state index in [1.807, 2.05) is 24.3 Å². The van der Waals surface area contributed by atoms with Crippen molar-refractivity contribution >= 4 is 23.2 Å². The average Bonchev–Trinajstić information content (AvgIpc) is 3.54. The highest BCUT2D eigenvalue weighted by molar-refractivity contribution is 5.96. The number of benzene rings is 1. The molecule has 26 heavy (non-hydrogen) atoms. The maximum Gasteiger partial charge on any atom is 0.227 e. The summed E-state index contributed by atoms with van der Waals surface area (Å²) in [6, 6.07) is 7.49. The molecule has 0 aliphatic heterocycles. The summed E-state index contributed by atoms with van der Waals surface area (Å²) in [7, 11) is 0. The predicted molar refractivity (Wildman–Crippen MR) is 106 cm³/mol. The van der Waals surface area contributed by atoms with Crippen molar-refractivity contribution in [2.45, 2.75) is 65.2 Å². The Hall–Kier alpha value is -1.84. The maximum absolute atomic E-state index is 12.3. The summed E-state index contributed by atoms with van der Waals surface area (Å²) in [4.78, 5) is 24.5. The fraction of sp³-hybridized carbons (Fsp3) is 0.636. The highest BCUT2D eigenvalue weighted by atomic mass is 16.2. The number of rotatable bonds is 10. The van der Waals surface area contributed by atoms with Gasteiger partial charge < -0.3 is 10.6 Å². The quantitative estimate of drug-likeness (QED) is 0.604. The molecule has 0 saturated heterocycles. The summed E-state index contributed by atoms with van der Waals surface area (Å²) < 4.78 is 0. The maximum atomic E-state index is 12.3. The van der Waals surface area contributed by atoms with E-state index in [0.717, 1.165) is 24.2 Å². The van der Waals surface area contributed by atoms with Crippen LogP contribution in [0.2, 0.25) is 0 Å². The number of unbranched alkanes of at least 4 members (excludes halogenated alkanes) is 2. The van der Waals surface area contributed by atoms with Crippen LogP contribution in [0.15, 0.2) is 24.3 Å². The molecular weight excluding hydrogens is 324 g/mol. The number of carbonyl (C=O) groups excluding carboxylic acids is 2. The van der Waals surface area contributed by atoms with Gasteiger partial charge in [-0.15, -0.1) is 0 Å². The Bertz CT molecular complexity index is 571. The van der Waals surface area contributed by atoms with E-state index in [-0.39, 0.29) is 23.7 Å². The van der Waals surface area contributed by atoms with Gasteiger partial charge in [0.05, 0.1) is 0 Å². The highest BCUT2D eigenvalue weighted by Crippen LogP contribution is 2.44. The van der Waals surface area contributed by atoms with E-state index in [1.54, 1.807) is 0 Å². The lowest BCUT2D eigenvalue weighted by Crippen LogP contribution is -2.16. The van der Waals surface area contributed by atoms with E-state index in [2.05, 4.69) is 24.5 Å². The number of hydrogen-bond acceptors (Lipinski definition) is 2. The molecule has 4 nitrogen and oxygen atoms in total. The molecule has 2 N–H and O–H groups in total. The number of anilines is 2. The number of hydrogen-bond donors (Lipinski definition) is 2. The topological polar surface area (TPSA) is 58.2 Å². The van der Waals surface area contributed by atoms with Gasteiger partial charge in [-0.2, -0.15) is 0 Å². The fourth-order valence-corrected chi connectivity index (χ4v) is 3.81. The van der Waals surface area contributed by atoms with E-state index in [9.17, 15) is 9.59 Å². The van der Waals surface area contributed by atoms with Crippen LogP contribution in [0.25, 0.3) is 0 Å². The largest absolute Gasteiger partial charge is 0.326 e. The van der Waals surface area contributed by atoms with Gasteiger partial charge in [-0.25, -0.2) is 0 Å². The minimum atomic E-state index is 0.139. The van der Waals surface area contributed by atoms with Gasteiger partial charge in [0.2, 0.25) is 11.8 Å². The van der Waals surface area contributed by atoms with Gasteiger partial charge in [-0.1, -0.05) is 39.5 Å². The first kappa shape index (κ1) is 18.9. The van der Waals surface area contributed by atoms with Crippen molar-refractivity contribution in [1.29, 1.82) is 0 Å². The molecule has 0 bridgehead atoms. The van der Waals surface area contributed by atoms with Gasteiger partial charge in [0.15, 0.2) is 0 Å². The summed E-state index contributed by atoms with van der Waals surface area (Å²) in [5.41, 5.74) is 1.61. The van der Waals surface area contributed by atoms with Gasteiger partial charge in [-0.05, 0) is 61.8 Å². The van der Waals surface area contributed by atoms with Gasteiger partial charge in [0.1, 0.15) is 0 Å². The third kappa shape index (κ3) is 5.09. The van der Waals surface area contributed by atoms with E-state index < -0.39 is 0 Å². The molecule has 0 aromatic heterocycles. The number of nitrogens with one attached hydrogen (secondary N) is 2. The molecule has 2 saturated carbocycles. The SMILES string of the molecule is CCCC[C@H]1C[C@H]1C(=O)Nc1ccc(NC(=O)[C@@H]2C[C@@H]2CCCC)cc1. The Labute approximate surface area is 157 Å². The molecule has 2 aliphatic rings. The van der Waals surface area contributed by atoms with Crippen LogP contribution in [0.3, 0.4) is 0 Å². The summed E-state index contributed by atoms with van der Waals surface area (Å²) in [6.45, 7) is 4.37. The third-order valence-corrected chi connectivity index (χ3v) is 5.80. The molecule has 0 heterocycles. The second-order valence-corrected chi connectivity index (χ2v) is 8.04. The lowest BCUT2D eigenvalue weighted by molar-refractivity contribution is -0.118. The van der Waals surface area contributed by atoms with E-state index >= 15 is 0 Å².